The molecule has 0 aliphatic carbocycles. The van der Waals surface area contributed by atoms with E-state index in [0.29, 0.717) is 37.7 Å². The van der Waals surface area contributed by atoms with Gasteiger partial charge in [-0.15, -0.1) is 0 Å². The highest BCUT2D eigenvalue weighted by Gasteiger charge is 2.32. The number of anilines is 1. The number of carbonyl (C=O) groups is 2. The number of thiocarbonyl (C=S) groups is 1. The molecule has 0 atom stereocenters. The highest BCUT2D eigenvalue weighted by Crippen LogP contribution is 2.40. The third kappa shape index (κ3) is 5.38. The molecule has 1 fully saturated rings. The van der Waals surface area contributed by atoms with Crippen LogP contribution in [0.3, 0.4) is 0 Å². The van der Waals surface area contributed by atoms with Gasteiger partial charge in [0, 0.05) is 18.7 Å². The number of amides is 2. The number of carbonyl (C=O) groups excluding carboxylic acids is 2. The molecule has 0 spiro atoms. The van der Waals surface area contributed by atoms with Crippen LogP contribution in [-0.2, 0) is 9.59 Å². The van der Waals surface area contributed by atoms with E-state index in [1.54, 1.807) is 24.3 Å². The van der Waals surface area contributed by atoms with Crippen molar-refractivity contribution in [2.45, 2.75) is 6.42 Å². The molecule has 2 aromatic carbocycles. The summed E-state index contributed by atoms with van der Waals surface area (Å²) in [6.07, 6.45) is 1.69. The Balaban J connectivity index is 1.70. The van der Waals surface area contributed by atoms with Gasteiger partial charge >= 0.3 is 0 Å². The Bertz CT molecular complexity index is 1060. The van der Waals surface area contributed by atoms with Crippen LogP contribution in [0.25, 0.3) is 6.08 Å². The lowest BCUT2D eigenvalue weighted by atomic mass is 10.1. The standard InChI is InChI=1S/C22H21FN2O5S2/c1-28-16-9-13(10-17(29-2)20(16)30-3)11-18-21(27)25(22(31)32-18)8-7-19(26)24-15-6-4-5-14(23)12-15/h4-6,9-12H,7-8H2,1-3H3,(H,24,26)/b18-11-. The van der Waals surface area contributed by atoms with Crippen LogP contribution in [0.15, 0.2) is 41.3 Å². The molecule has 2 aromatic rings. The maximum atomic E-state index is 13.3. The molecule has 0 radical (unpaired) electrons. The van der Waals surface area contributed by atoms with Gasteiger partial charge < -0.3 is 19.5 Å². The van der Waals surface area contributed by atoms with Gasteiger partial charge in [0.2, 0.25) is 11.7 Å². The molecule has 32 heavy (non-hydrogen) atoms. The average molecular weight is 477 g/mol. The van der Waals surface area contributed by atoms with Crippen LogP contribution in [0.2, 0.25) is 0 Å². The molecule has 1 aliphatic heterocycles. The van der Waals surface area contributed by atoms with Crippen LogP contribution in [0, 0.1) is 5.82 Å². The summed E-state index contributed by atoms with van der Waals surface area (Å²) in [5.74, 6) is 0.274. The molecule has 1 aliphatic rings. The summed E-state index contributed by atoms with van der Waals surface area (Å²) in [4.78, 5) is 26.8. The first kappa shape index (κ1) is 23.6. The Morgan fingerprint density at radius 2 is 1.84 bits per heavy atom. The second-order valence-corrected chi connectivity index (χ2v) is 8.28. The Morgan fingerprint density at radius 3 is 2.44 bits per heavy atom. The van der Waals surface area contributed by atoms with Crippen LogP contribution in [0.5, 0.6) is 17.2 Å². The first-order valence-electron chi connectivity index (χ1n) is 9.47. The predicted octanol–water partition coefficient (Wildman–Crippen LogP) is 4.08. The van der Waals surface area contributed by atoms with Crippen LogP contribution in [-0.4, -0.2) is 48.9 Å². The molecular weight excluding hydrogens is 455 g/mol. The molecular formula is C22H21FN2O5S2. The normalized spacial score (nSPS) is 14.6. The fourth-order valence-electron chi connectivity index (χ4n) is 3.03. The van der Waals surface area contributed by atoms with Gasteiger partial charge in [0.25, 0.3) is 5.91 Å². The number of rotatable bonds is 8. The highest BCUT2D eigenvalue weighted by atomic mass is 32.2. The largest absolute Gasteiger partial charge is 0.493 e. The average Bonchev–Trinajstić information content (AvgIpc) is 3.03. The molecule has 10 heteroatoms. The molecule has 7 nitrogen and oxygen atoms in total. The lowest BCUT2D eigenvalue weighted by molar-refractivity contribution is -0.122. The number of nitrogens with one attached hydrogen (secondary N) is 1. The van der Waals surface area contributed by atoms with Crippen molar-refractivity contribution in [3.8, 4) is 17.2 Å². The summed E-state index contributed by atoms with van der Waals surface area (Å²) in [5.41, 5.74) is 1.02. The summed E-state index contributed by atoms with van der Waals surface area (Å²) in [6.45, 7) is 0.110. The Kier molecular flexibility index (Phi) is 7.70. The fraction of sp³-hybridized carbons (Fsp3) is 0.227. The Hall–Kier alpha value is -3.11. The van der Waals surface area contributed by atoms with Crippen LogP contribution in [0.4, 0.5) is 10.1 Å². The quantitative estimate of drug-likeness (QED) is 0.454. The summed E-state index contributed by atoms with van der Waals surface area (Å²) in [7, 11) is 4.53. The summed E-state index contributed by atoms with van der Waals surface area (Å²) in [6, 6.07) is 9.04. The van der Waals surface area contributed by atoms with E-state index in [1.165, 1.54) is 44.4 Å². The SMILES string of the molecule is COc1cc(/C=C2\SC(=S)N(CCC(=O)Nc3cccc(F)c3)C2=O)cc(OC)c1OC. The molecule has 1 saturated heterocycles. The van der Waals surface area contributed by atoms with Crippen LogP contribution < -0.4 is 19.5 Å². The number of halogens is 1. The van der Waals surface area contributed by atoms with Crippen molar-refractivity contribution in [2.75, 3.05) is 33.2 Å². The van der Waals surface area contributed by atoms with Gasteiger partial charge in [0.05, 0.1) is 26.2 Å². The smallest absolute Gasteiger partial charge is 0.266 e. The van der Waals surface area contributed by atoms with E-state index in [-0.39, 0.29) is 24.8 Å². The van der Waals surface area contributed by atoms with Crippen LogP contribution in [0.1, 0.15) is 12.0 Å². The second-order valence-electron chi connectivity index (χ2n) is 6.60. The van der Waals surface area contributed by atoms with Crippen molar-refractivity contribution in [1.29, 1.82) is 0 Å². The first-order chi connectivity index (χ1) is 15.4. The van der Waals surface area contributed by atoms with E-state index in [4.69, 9.17) is 26.4 Å². The molecule has 3 rings (SSSR count). The summed E-state index contributed by atoms with van der Waals surface area (Å²) >= 11 is 6.47. The van der Waals surface area contributed by atoms with E-state index in [0.717, 1.165) is 11.8 Å². The molecule has 0 aromatic heterocycles. The van der Waals surface area contributed by atoms with Crippen LogP contribution >= 0.6 is 24.0 Å². The second kappa shape index (κ2) is 10.5. The number of ether oxygens (including phenoxy) is 3. The van der Waals surface area contributed by atoms with E-state index >= 15 is 0 Å². The van der Waals surface area contributed by atoms with Gasteiger partial charge in [-0.3, -0.25) is 14.5 Å². The van der Waals surface area contributed by atoms with Gasteiger partial charge in [-0.25, -0.2) is 4.39 Å². The van der Waals surface area contributed by atoms with Crippen molar-refractivity contribution in [1.82, 2.24) is 4.90 Å². The number of methoxy groups -OCH3 is 3. The number of nitrogens with zero attached hydrogens (tertiary/aromatic N) is 1. The minimum absolute atomic E-state index is 0.0143. The molecule has 0 unspecified atom stereocenters. The number of hydrogen-bond donors (Lipinski definition) is 1. The van der Waals surface area contributed by atoms with E-state index in [2.05, 4.69) is 5.32 Å². The Morgan fingerprint density at radius 1 is 1.16 bits per heavy atom. The van der Waals surface area contributed by atoms with E-state index < -0.39 is 5.82 Å². The van der Waals surface area contributed by atoms with Gasteiger partial charge in [0.1, 0.15) is 10.1 Å². The topological polar surface area (TPSA) is 77.1 Å². The predicted molar refractivity (Wildman–Crippen MR) is 126 cm³/mol. The van der Waals surface area contributed by atoms with E-state index in [9.17, 15) is 14.0 Å². The maximum Gasteiger partial charge on any atom is 0.266 e. The molecule has 2 amide bonds. The third-order valence-electron chi connectivity index (χ3n) is 4.53. The molecule has 0 bridgehead atoms. The minimum atomic E-state index is -0.448. The monoisotopic (exact) mass is 476 g/mol. The molecule has 168 valence electrons. The Labute approximate surface area is 194 Å². The zero-order valence-corrected chi connectivity index (χ0v) is 19.3. The minimum Gasteiger partial charge on any atom is -0.493 e. The van der Waals surface area contributed by atoms with Crippen molar-refractivity contribution in [3.05, 3.63) is 52.7 Å². The number of benzene rings is 2. The highest BCUT2D eigenvalue weighted by molar-refractivity contribution is 8.26. The number of thioether (sulfide) groups is 1. The maximum absolute atomic E-state index is 13.3. The zero-order chi connectivity index (χ0) is 23.3. The van der Waals surface area contributed by atoms with Crippen molar-refractivity contribution in [3.63, 3.8) is 0 Å². The molecule has 1 heterocycles. The van der Waals surface area contributed by atoms with Gasteiger partial charge in [-0.2, -0.15) is 0 Å². The lowest BCUT2D eigenvalue weighted by Gasteiger charge is -2.14. The fourth-order valence-corrected chi connectivity index (χ4v) is 4.34. The zero-order valence-electron chi connectivity index (χ0n) is 17.6. The summed E-state index contributed by atoms with van der Waals surface area (Å²) in [5, 5.41) is 2.60. The van der Waals surface area contributed by atoms with Gasteiger partial charge in [-0.1, -0.05) is 30.0 Å². The van der Waals surface area contributed by atoms with E-state index in [1.807, 2.05) is 0 Å². The first-order valence-corrected chi connectivity index (χ1v) is 10.7. The lowest BCUT2D eigenvalue weighted by Crippen LogP contribution is -2.31. The molecule has 0 saturated carbocycles. The van der Waals surface area contributed by atoms with Gasteiger partial charge in [0.15, 0.2) is 11.5 Å². The number of hydrogen-bond acceptors (Lipinski definition) is 7. The van der Waals surface area contributed by atoms with Crippen molar-refractivity contribution in [2.24, 2.45) is 0 Å². The van der Waals surface area contributed by atoms with Crippen molar-refractivity contribution < 1.29 is 28.2 Å². The molecule has 1 N–H and O–H groups in total. The van der Waals surface area contributed by atoms with Gasteiger partial charge in [-0.05, 0) is 42.0 Å². The van der Waals surface area contributed by atoms with Crippen molar-refractivity contribution >= 4 is 51.9 Å². The summed E-state index contributed by atoms with van der Waals surface area (Å²) < 4.78 is 29.6. The third-order valence-corrected chi connectivity index (χ3v) is 5.91.